The van der Waals surface area contributed by atoms with Crippen LogP contribution in [0.5, 0.6) is 0 Å². The Bertz CT molecular complexity index is 743. The maximum Gasteiger partial charge on any atom is 0.411 e. The predicted molar refractivity (Wildman–Crippen MR) is 118 cm³/mol. The molecule has 2 aliphatic rings. The van der Waals surface area contributed by atoms with Gasteiger partial charge < -0.3 is 18.9 Å². The SMILES string of the molecule is CCOC(=O)C1C2CCC(=C(CC)P(=O)(O)OCC)CC2CCN1C(=O)OC(C)(C)C. The summed E-state index contributed by atoms with van der Waals surface area (Å²) < 4.78 is 28.7. The summed E-state index contributed by atoms with van der Waals surface area (Å²) in [7, 11) is -3.81. The third-order valence-electron chi connectivity index (χ3n) is 5.92. The molecule has 0 aromatic heterocycles. The first kappa shape index (κ1) is 25.9. The zero-order valence-electron chi connectivity index (χ0n) is 19.7. The standard InChI is InChI=1S/C22H38NO7P/c1-7-18(31(26,27)29-9-3)16-10-11-17-15(14-16)12-13-23(19(17)20(24)28-8-2)21(25)30-22(4,5)6/h15,17,19H,7-14H2,1-6H3,(H,26,27). The molecule has 0 aromatic carbocycles. The van der Waals surface area contributed by atoms with Gasteiger partial charge in [0.1, 0.15) is 11.6 Å². The average molecular weight is 460 g/mol. The van der Waals surface area contributed by atoms with Gasteiger partial charge in [0.25, 0.3) is 0 Å². The van der Waals surface area contributed by atoms with Crippen molar-refractivity contribution >= 4 is 19.7 Å². The van der Waals surface area contributed by atoms with Crippen LogP contribution in [0.1, 0.15) is 73.6 Å². The molecule has 0 radical (unpaired) electrons. The van der Waals surface area contributed by atoms with Gasteiger partial charge in [-0.05, 0) is 78.6 Å². The van der Waals surface area contributed by atoms with Crippen LogP contribution in [0, 0.1) is 11.8 Å². The monoisotopic (exact) mass is 459 g/mol. The van der Waals surface area contributed by atoms with E-state index >= 15 is 0 Å². The zero-order chi connectivity index (χ0) is 23.4. The highest BCUT2D eigenvalue weighted by molar-refractivity contribution is 7.57. The summed E-state index contributed by atoms with van der Waals surface area (Å²) in [5.41, 5.74) is 0.295. The lowest BCUT2D eigenvalue weighted by Crippen LogP contribution is -2.57. The fraction of sp³-hybridized carbons (Fsp3) is 0.818. The number of carbonyl (C=O) groups is 2. The van der Waals surface area contributed by atoms with Gasteiger partial charge in [0.2, 0.25) is 0 Å². The van der Waals surface area contributed by atoms with Gasteiger partial charge >= 0.3 is 19.7 Å². The summed E-state index contributed by atoms with van der Waals surface area (Å²) in [5, 5.41) is 0.495. The zero-order valence-corrected chi connectivity index (χ0v) is 20.6. The number of hydrogen-bond donors (Lipinski definition) is 1. The van der Waals surface area contributed by atoms with Crippen LogP contribution in [-0.4, -0.2) is 53.3 Å². The number of ether oxygens (including phenoxy) is 2. The molecule has 1 aliphatic heterocycles. The molecule has 0 bridgehead atoms. The number of amides is 1. The molecule has 1 amide bonds. The number of nitrogens with zero attached hydrogens (tertiary/aromatic N) is 1. The first-order valence-electron chi connectivity index (χ1n) is 11.3. The van der Waals surface area contributed by atoms with Gasteiger partial charge in [-0.1, -0.05) is 12.5 Å². The summed E-state index contributed by atoms with van der Waals surface area (Å²) in [6, 6.07) is -0.701. The molecule has 0 aromatic rings. The molecule has 31 heavy (non-hydrogen) atoms. The van der Waals surface area contributed by atoms with Crippen molar-refractivity contribution in [1.82, 2.24) is 4.90 Å². The fourth-order valence-corrected chi connectivity index (χ4v) is 6.28. The van der Waals surface area contributed by atoms with Crippen molar-refractivity contribution < 1.29 is 33.0 Å². The van der Waals surface area contributed by atoms with Crippen molar-refractivity contribution in [3.63, 3.8) is 0 Å². The first-order chi connectivity index (χ1) is 14.4. The number of fused-ring (bicyclic) bond motifs is 1. The summed E-state index contributed by atoms with van der Waals surface area (Å²) >= 11 is 0. The number of hydrogen-bond acceptors (Lipinski definition) is 6. The maximum absolute atomic E-state index is 12.9. The third-order valence-corrected chi connectivity index (χ3v) is 7.84. The van der Waals surface area contributed by atoms with Crippen molar-refractivity contribution in [2.24, 2.45) is 11.8 Å². The maximum atomic E-state index is 12.9. The van der Waals surface area contributed by atoms with E-state index in [1.807, 2.05) is 6.92 Å². The first-order valence-corrected chi connectivity index (χ1v) is 12.9. The Labute approximate surface area is 185 Å². The van der Waals surface area contributed by atoms with E-state index in [4.69, 9.17) is 14.0 Å². The minimum absolute atomic E-state index is 0.0765. The van der Waals surface area contributed by atoms with Crippen molar-refractivity contribution in [3.8, 4) is 0 Å². The average Bonchev–Trinajstić information content (AvgIpc) is 2.66. The largest absolute Gasteiger partial charge is 0.464 e. The van der Waals surface area contributed by atoms with Crippen LogP contribution in [0.3, 0.4) is 0 Å². The smallest absolute Gasteiger partial charge is 0.411 e. The summed E-state index contributed by atoms with van der Waals surface area (Å²) in [6.07, 6.45) is 2.51. The lowest BCUT2D eigenvalue weighted by molar-refractivity contribution is -0.155. The van der Waals surface area contributed by atoms with E-state index in [0.717, 1.165) is 5.57 Å². The van der Waals surface area contributed by atoms with Crippen LogP contribution in [0.15, 0.2) is 10.9 Å². The molecule has 2 rings (SSSR count). The Morgan fingerprint density at radius 1 is 1.16 bits per heavy atom. The third kappa shape index (κ3) is 6.33. The quantitative estimate of drug-likeness (QED) is 0.447. The second-order valence-electron chi connectivity index (χ2n) is 9.17. The lowest BCUT2D eigenvalue weighted by Gasteiger charge is -2.47. The molecule has 9 heteroatoms. The van der Waals surface area contributed by atoms with Gasteiger partial charge in [-0.25, -0.2) is 9.59 Å². The summed E-state index contributed by atoms with van der Waals surface area (Å²) in [5.74, 6) is -0.360. The van der Waals surface area contributed by atoms with E-state index in [1.165, 1.54) is 4.90 Å². The van der Waals surface area contributed by atoms with E-state index in [-0.39, 0.29) is 25.0 Å². The van der Waals surface area contributed by atoms with Crippen LogP contribution in [0.2, 0.25) is 0 Å². The van der Waals surface area contributed by atoms with Crippen LogP contribution >= 0.6 is 7.60 Å². The molecule has 1 saturated heterocycles. The van der Waals surface area contributed by atoms with Gasteiger partial charge in [0, 0.05) is 11.9 Å². The highest BCUT2D eigenvalue weighted by atomic mass is 31.2. The topological polar surface area (TPSA) is 102 Å². The Balaban J connectivity index is 2.31. The molecule has 4 atom stereocenters. The molecule has 4 unspecified atom stereocenters. The highest BCUT2D eigenvalue weighted by Gasteiger charge is 2.48. The second kappa shape index (κ2) is 10.5. The lowest BCUT2D eigenvalue weighted by atomic mass is 9.69. The van der Waals surface area contributed by atoms with Crippen molar-refractivity contribution in [2.45, 2.75) is 85.3 Å². The van der Waals surface area contributed by atoms with Crippen LogP contribution in [-0.2, 0) is 23.4 Å². The van der Waals surface area contributed by atoms with E-state index in [2.05, 4.69) is 0 Å². The second-order valence-corrected chi connectivity index (χ2v) is 11.0. The van der Waals surface area contributed by atoms with Gasteiger partial charge in [-0.15, -0.1) is 0 Å². The Morgan fingerprint density at radius 3 is 2.39 bits per heavy atom. The molecule has 1 N–H and O–H groups in total. The molecule has 0 spiro atoms. The number of esters is 1. The van der Waals surface area contributed by atoms with Crippen LogP contribution < -0.4 is 0 Å². The van der Waals surface area contributed by atoms with Gasteiger partial charge in [0.15, 0.2) is 0 Å². The Hall–Kier alpha value is -1.37. The number of rotatable bonds is 6. The molecule has 1 aliphatic carbocycles. The van der Waals surface area contributed by atoms with E-state index in [1.54, 1.807) is 34.6 Å². The van der Waals surface area contributed by atoms with Crippen LogP contribution in [0.4, 0.5) is 4.79 Å². The number of carbonyl (C=O) groups excluding carboxylic acids is 2. The normalized spacial score (nSPS) is 27.7. The minimum Gasteiger partial charge on any atom is -0.464 e. The summed E-state index contributed by atoms with van der Waals surface area (Å²) in [6.45, 7) is 11.5. The molecule has 8 nitrogen and oxygen atoms in total. The molecular weight excluding hydrogens is 421 g/mol. The predicted octanol–water partition coefficient (Wildman–Crippen LogP) is 4.86. The van der Waals surface area contributed by atoms with Gasteiger partial charge in [0.05, 0.1) is 13.2 Å². The number of piperidine rings is 1. The van der Waals surface area contributed by atoms with E-state index < -0.39 is 31.3 Å². The number of allylic oxidation sites excluding steroid dienone is 2. The van der Waals surface area contributed by atoms with Gasteiger partial charge in [-0.2, -0.15) is 0 Å². The minimum atomic E-state index is -3.81. The van der Waals surface area contributed by atoms with Gasteiger partial charge in [-0.3, -0.25) is 9.46 Å². The molecular formula is C22H38NO7P. The van der Waals surface area contributed by atoms with Crippen LogP contribution in [0.25, 0.3) is 0 Å². The fourth-order valence-electron chi connectivity index (χ4n) is 4.77. The van der Waals surface area contributed by atoms with Crippen molar-refractivity contribution in [2.75, 3.05) is 19.8 Å². The number of likely N-dealkylation sites (tertiary alicyclic amines) is 1. The Kier molecular flexibility index (Phi) is 8.77. The molecule has 2 fully saturated rings. The van der Waals surface area contributed by atoms with E-state index in [0.29, 0.717) is 44.0 Å². The van der Waals surface area contributed by atoms with Crippen molar-refractivity contribution in [1.29, 1.82) is 0 Å². The molecule has 1 saturated carbocycles. The Morgan fingerprint density at radius 2 is 1.84 bits per heavy atom. The molecule has 178 valence electrons. The van der Waals surface area contributed by atoms with E-state index in [9.17, 15) is 19.0 Å². The summed E-state index contributed by atoms with van der Waals surface area (Å²) in [4.78, 5) is 37.6. The molecule has 1 heterocycles. The van der Waals surface area contributed by atoms with Crippen molar-refractivity contribution in [3.05, 3.63) is 10.9 Å². The highest BCUT2D eigenvalue weighted by Crippen LogP contribution is 2.56.